The molecule has 2 aromatic heterocycles. The van der Waals surface area contributed by atoms with Crippen molar-refractivity contribution in [3.8, 4) is 11.1 Å². The van der Waals surface area contributed by atoms with E-state index in [9.17, 15) is 9.90 Å². The minimum atomic E-state index is -0.105. The van der Waals surface area contributed by atoms with Crippen LogP contribution in [0.15, 0.2) is 55.0 Å². The third kappa shape index (κ3) is 4.50. The zero-order valence-electron chi connectivity index (χ0n) is 19.9. The Kier molecular flexibility index (Phi) is 6.21. The topological polar surface area (TPSA) is 92.1 Å². The number of rotatable bonds is 7. The predicted octanol–water partition coefficient (Wildman–Crippen LogP) is 5.50. The molecule has 0 unspecified atom stereocenters. The average molecular weight is 502 g/mol. The van der Waals surface area contributed by atoms with Crippen molar-refractivity contribution < 1.29 is 9.90 Å². The molecule has 0 spiro atoms. The Labute approximate surface area is 214 Å². The van der Waals surface area contributed by atoms with E-state index >= 15 is 0 Å². The highest BCUT2D eigenvalue weighted by molar-refractivity contribution is 6.31. The number of nitrogens with one attached hydrogen (secondary N) is 2. The molecule has 0 amide bonds. The molecule has 2 fully saturated rings. The molecule has 7 nitrogen and oxygen atoms in total. The van der Waals surface area contributed by atoms with Gasteiger partial charge < -0.3 is 15.7 Å². The Morgan fingerprint density at radius 2 is 1.86 bits per heavy atom. The van der Waals surface area contributed by atoms with Gasteiger partial charge in [-0.05, 0) is 73.7 Å². The average Bonchev–Trinajstić information content (AvgIpc) is 3.67. The number of carbonyl (C=O) groups excluding carboxylic acids is 1. The second kappa shape index (κ2) is 9.65. The minimum absolute atomic E-state index is 0.0790. The molecule has 0 atom stereocenters. The summed E-state index contributed by atoms with van der Waals surface area (Å²) in [5.74, 6) is 0.216. The standard InChI is InChI=1S/C28H28ClN5O2/c29-25-12-19(3-4-20(25)16-35)18-5-6-26-23(11-18)27(24(14-31-26)28(36)17-1-2-17)33-21-13-32-34(15-21)22-7-9-30-10-8-22/h3-6,11-15,17,22,30,35H,1-2,7-10,16H2,(H,31,33). The summed E-state index contributed by atoms with van der Waals surface area (Å²) in [5.41, 5.74) is 5.62. The van der Waals surface area contributed by atoms with Crippen LogP contribution in [-0.2, 0) is 6.61 Å². The summed E-state index contributed by atoms with van der Waals surface area (Å²) in [6.07, 6.45) is 9.52. The van der Waals surface area contributed by atoms with E-state index in [1.54, 1.807) is 6.20 Å². The first kappa shape index (κ1) is 23.2. The Morgan fingerprint density at radius 3 is 2.61 bits per heavy atom. The molecule has 3 N–H and O–H groups in total. The summed E-state index contributed by atoms with van der Waals surface area (Å²) in [4.78, 5) is 17.9. The van der Waals surface area contributed by atoms with Crippen LogP contribution in [0.2, 0.25) is 5.02 Å². The van der Waals surface area contributed by atoms with Gasteiger partial charge in [-0.2, -0.15) is 5.10 Å². The molecule has 1 saturated carbocycles. The second-order valence-electron chi connectivity index (χ2n) is 9.70. The summed E-state index contributed by atoms with van der Waals surface area (Å²) in [6.45, 7) is 1.88. The van der Waals surface area contributed by atoms with E-state index < -0.39 is 0 Å². The van der Waals surface area contributed by atoms with Crippen molar-refractivity contribution in [2.24, 2.45) is 5.92 Å². The lowest BCUT2D eigenvalue weighted by Gasteiger charge is -2.22. The highest BCUT2D eigenvalue weighted by Gasteiger charge is 2.32. The Bertz CT molecular complexity index is 1440. The first-order valence-electron chi connectivity index (χ1n) is 12.5. The lowest BCUT2D eigenvalue weighted by atomic mass is 9.98. The first-order valence-corrected chi connectivity index (χ1v) is 12.9. The maximum absolute atomic E-state index is 13.2. The zero-order chi connectivity index (χ0) is 24.6. The van der Waals surface area contributed by atoms with Crippen LogP contribution in [0.5, 0.6) is 0 Å². The number of aromatic nitrogens is 3. The fourth-order valence-electron chi connectivity index (χ4n) is 4.93. The third-order valence-electron chi connectivity index (χ3n) is 7.19. The number of benzene rings is 2. The van der Waals surface area contributed by atoms with Gasteiger partial charge in [0.1, 0.15) is 0 Å². The Balaban J connectivity index is 1.42. The van der Waals surface area contributed by atoms with Crippen molar-refractivity contribution in [1.29, 1.82) is 0 Å². The summed E-state index contributed by atoms with van der Waals surface area (Å²) < 4.78 is 2.03. The number of halogens is 1. The van der Waals surface area contributed by atoms with Crippen LogP contribution in [-0.4, -0.2) is 38.7 Å². The van der Waals surface area contributed by atoms with Crippen LogP contribution in [0.25, 0.3) is 22.0 Å². The maximum atomic E-state index is 13.2. The van der Waals surface area contributed by atoms with Crippen LogP contribution in [0, 0.1) is 5.92 Å². The van der Waals surface area contributed by atoms with Gasteiger partial charge in [0.15, 0.2) is 5.78 Å². The highest BCUT2D eigenvalue weighted by atomic mass is 35.5. The molecule has 4 aromatic rings. The number of piperidine rings is 1. The number of aliphatic hydroxyl groups excluding tert-OH is 1. The van der Waals surface area contributed by atoms with Gasteiger partial charge in [0, 0.05) is 28.7 Å². The monoisotopic (exact) mass is 501 g/mol. The van der Waals surface area contributed by atoms with Crippen molar-refractivity contribution in [1.82, 2.24) is 20.1 Å². The number of ketones is 1. The van der Waals surface area contributed by atoms with Gasteiger partial charge in [-0.1, -0.05) is 29.8 Å². The van der Waals surface area contributed by atoms with E-state index in [-0.39, 0.29) is 18.3 Å². The molecule has 0 radical (unpaired) electrons. The molecule has 1 aliphatic carbocycles. The van der Waals surface area contributed by atoms with Crippen molar-refractivity contribution in [3.05, 3.63) is 71.1 Å². The molecule has 184 valence electrons. The molecular weight excluding hydrogens is 474 g/mol. The van der Waals surface area contributed by atoms with Crippen LogP contribution >= 0.6 is 11.6 Å². The number of aliphatic hydroxyl groups is 1. The van der Waals surface area contributed by atoms with Gasteiger partial charge in [0.2, 0.25) is 0 Å². The van der Waals surface area contributed by atoms with Crippen LogP contribution in [0.4, 0.5) is 11.4 Å². The molecule has 6 rings (SSSR count). The van der Waals surface area contributed by atoms with E-state index in [4.69, 9.17) is 11.6 Å². The summed E-state index contributed by atoms with van der Waals surface area (Å²) >= 11 is 6.37. The number of pyridine rings is 1. The molecule has 2 aliphatic rings. The van der Waals surface area contributed by atoms with Crippen LogP contribution in [0.3, 0.4) is 0 Å². The Hall–Kier alpha value is -3.26. The third-order valence-corrected chi connectivity index (χ3v) is 7.54. The number of carbonyl (C=O) groups is 1. The summed E-state index contributed by atoms with van der Waals surface area (Å²) in [7, 11) is 0. The number of nitrogens with zero attached hydrogens (tertiary/aromatic N) is 3. The van der Waals surface area contributed by atoms with Crippen molar-refractivity contribution >= 4 is 39.7 Å². The summed E-state index contributed by atoms with van der Waals surface area (Å²) in [5, 5.41) is 22.4. The molecular formula is C28H28ClN5O2. The van der Waals surface area contributed by atoms with E-state index in [0.29, 0.717) is 22.2 Å². The lowest BCUT2D eigenvalue weighted by Crippen LogP contribution is -2.29. The number of hydrogen-bond acceptors (Lipinski definition) is 6. The number of anilines is 2. The number of Topliss-reactive ketones (excluding diaryl/α,β-unsaturated/α-hetero) is 1. The van der Waals surface area contributed by atoms with Gasteiger partial charge in [0.05, 0.1) is 41.3 Å². The number of hydrogen-bond donors (Lipinski definition) is 3. The first-order chi connectivity index (χ1) is 17.6. The van der Waals surface area contributed by atoms with Gasteiger partial charge in [-0.15, -0.1) is 0 Å². The Morgan fingerprint density at radius 1 is 1.08 bits per heavy atom. The second-order valence-corrected chi connectivity index (χ2v) is 10.1. The molecule has 3 heterocycles. The molecule has 0 bridgehead atoms. The molecule has 36 heavy (non-hydrogen) atoms. The van der Waals surface area contributed by atoms with E-state index in [0.717, 1.165) is 72.2 Å². The fraction of sp³-hybridized carbons (Fsp3) is 0.321. The lowest BCUT2D eigenvalue weighted by molar-refractivity contribution is 0.0968. The van der Waals surface area contributed by atoms with Gasteiger partial charge in [-0.3, -0.25) is 14.5 Å². The molecule has 1 saturated heterocycles. The zero-order valence-corrected chi connectivity index (χ0v) is 20.6. The minimum Gasteiger partial charge on any atom is -0.392 e. The van der Waals surface area contributed by atoms with E-state index in [1.165, 1.54) is 0 Å². The predicted molar refractivity (Wildman–Crippen MR) is 142 cm³/mol. The maximum Gasteiger partial charge on any atom is 0.169 e. The van der Waals surface area contributed by atoms with E-state index in [2.05, 4.69) is 26.8 Å². The van der Waals surface area contributed by atoms with Crippen LogP contribution in [0.1, 0.15) is 47.6 Å². The number of fused-ring (bicyclic) bond motifs is 1. The molecule has 1 aliphatic heterocycles. The molecule has 2 aromatic carbocycles. The van der Waals surface area contributed by atoms with E-state index in [1.807, 2.05) is 47.4 Å². The molecule has 8 heteroatoms. The summed E-state index contributed by atoms with van der Waals surface area (Å²) in [6, 6.07) is 12.0. The smallest absolute Gasteiger partial charge is 0.169 e. The van der Waals surface area contributed by atoms with Crippen LogP contribution < -0.4 is 10.6 Å². The van der Waals surface area contributed by atoms with Crippen molar-refractivity contribution in [3.63, 3.8) is 0 Å². The van der Waals surface area contributed by atoms with Gasteiger partial charge >= 0.3 is 0 Å². The normalized spacial score (nSPS) is 16.4. The largest absolute Gasteiger partial charge is 0.392 e. The SMILES string of the molecule is O=C(c1cnc2ccc(-c3ccc(CO)c(Cl)c3)cc2c1Nc1cnn(C2CCNCC2)c1)C1CC1. The van der Waals surface area contributed by atoms with Crippen molar-refractivity contribution in [2.45, 2.75) is 38.3 Å². The van der Waals surface area contributed by atoms with Crippen molar-refractivity contribution in [2.75, 3.05) is 18.4 Å². The quantitative estimate of drug-likeness (QED) is 0.289. The van der Waals surface area contributed by atoms with Gasteiger partial charge in [0.25, 0.3) is 0 Å². The van der Waals surface area contributed by atoms with Gasteiger partial charge in [-0.25, -0.2) is 0 Å². The fourth-order valence-corrected chi connectivity index (χ4v) is 5.17. The highest BCUT2D eigenvalue weighted by Crippen LogP contribution is 2.39.